The Bertz CT molecular complexity index is 387. The number of nitrogens with one attached hydrogen (secondary N) is 2. The first-order valence-corrected chi connectivity index (χ1v) is 5.80. The fourth-order valence-corrected chi connectivity index (χ4v) is 1.86. The minimum atomic E-state index is -0.180. The van der Waals surface area contributed by atoms with Crippen molar-refractivity contribution in [2.75, 3.05) is 5.43 Å². The maximum absolute atomic E-state index is 11.8. The highest BCUT2D eigenvalue weighted by atomic mass is 16.1. The van der Waals surface area contributed by atoms with Gasteiger partial charge >= 0.3 is 0 Å². The summed E-state index contributed by atoms with van der Waals surface area (Å²) in [5.74, 6) is 6.04. The van der Waals surface area contributed by atoms with Crippen LogP contribution in [0, 0.1) is 5.92 Å². The Morgan fingerprint density at radius 3 is 2.71 bits per heavy atom. The number of nitrogens with zero attached hydrogens (tertiary/aromatic N) is 2. The zero-order chi connectivity index (χ0) is 12.3. The molecule has 1 aromatic rings. The zero-order valence-electron chi connectivity index (χ0n) is 9.81. The largest absolute Gasteiger partial charge is 0.348 e. The van der Waals surface area contributed by atoms with Crippen molar-refractivity contribution in [3.8, 4) is 0 Å². The van der Waals surface area contributed by atoms with E-state index in [1.165, 1.54) is 31.7 Å². The summed E-state index contributed by atoms with van der Waals surface area (Å²) >= 11 is 0. The van der Waals surface area contributed by atoms with Crippen LogP contribution in [0.1, 0.15) is 36.7 Å². The molecule has 0 aliphatic heterocycles. The molecule has 92 valence electrons. The molecule has 0 bridgehead atoms. The molecule has 1 unspecified atom stereocenters. The zero-order valence-corrected chi connectivity index (χ0v) is 9.81. The van der Waals surface area contributed by atoms with Gasteiger partial charge in [-0.1, -0.05) is 6.42 Å². The van der Waals surface area contributed by atoms with Crippen molar-refractivity contribution in [1.82, 2.24) is 15.3 Å². The first-order chi connectivity index (χ1) is 8.20. The molecule has 4 N–H and O–H groups in total. The van der Waals surface area contributed by atoms with E-state index in [-0.39, 0.29) is 11.9 Å². The first-order valence-electron chi connectivity index (χ1n) is 5.80. The predicted octanol–water partition coefficient (Wildman–Crippen LogP) is 0.681. The molecule has 1 heterocycles. The van der Waals surface area contributed by atoms with Gasteiger partial charge in [0.25, 0.3) is 5.91 Å². The monoisotopic (exact) mass is 235 g/mol. The SMILES string of the molecule is CC(NC(=O)c1cnc(NN)cn1)C1CCC1. The number of carbonyl (C=O) groups excluding carboxylic acids is 1. The van der Waals surface area contributed by atoms with Crippen LogP contribution in [0.2, 0.25) is 0 Å². The lowest BCUT2D eigenvalue weighted by atomic mass is 9.80. The maximum atomic E-state index is 11.8. The standard InChI is InChI=1S/C11H17N5O/c1-7(8-3-2-4-8)15-11(17)9-5-14-10(16-12)6-13-9/h5-8H,2-4,12H2,1H3,(H,14,16)(H,15,17). The van der Waals surface area contributed by atoms with Crippen molar-refractivity contribution >= 4 is 11.7 Å². The van der Waals surface area contributed by atoms with Gasteiger partial charge in [0, 0.05) is 6.04 Å². The van der Waals surface area contributed by atoms with Gasteiger partial charge in [-0.2, -0.15) is 0 Å². The van der Waals surface area contributed by atoms with E-state index in [0.29, 0.717) is 17.4 Å². The van der Waals surface area contributed by atoms with E-state index in [1.807, 2.05) is 6.92 Å². The summed E-state index contributed by atoms with van der Waals surface area (Å²) in [6, 6.07) is 0.199. The van der Waals surface area contributed by atoms with E-state index in [9.17, 15) is 4.79 Å². The van der Waals surface area contributed by atoms with Crippen LogP contribution in [0.4, 0.5) is 5.82 Å². The Morgan fingerprint density at radius 2 is 2.24 bits per heavy atom. The van der Waals surface area contributed by atoms with Crippen LogP contribution in [0.3, 0.4) is 0 Å². The number of amides is 1. The van der Waals surface area contributed by atoms with Crippen LogP contribution < -0.4 is 16.6 Å². The minimum absolute atomic E-state index is 0.180. The summed E-state index contributed by atoms with van der Waals surface area (Å²) in [5, 5.41) is 2.94. The average molecular weight is 235 g/mol. The van der Waals surface area contributed by atoms with E-state index in [2.05, 4.69) is 20.7 Å². The van der Waals surface area contributed by atoms with Crippen molar-refractivity contribution in [3.05, 3.63) is 18.1 Å². The third kappa shape index (κ3) is 2.71. The maximum Gasteiger partial charge on any atom is 0.271 e. The topological polar surface area (TPSA) is 92.9 Å². The van der Waals surface area contributed by atoms with Crippen molar-refractivity contribution < 1.29 is 4.79 Å². The molecule has 1 aromatic heterocycles. The van der Waals surface area contributed by atoms with Gasteiger partial charge in [-0.05, 0) is 25.7 Å². The highest BCUT2D eigenvalue weighted by Crippen LogP contribution is 2.29. The quantitative estimate of drug-likeness (QED) is 0.527. The molecule has 1 amide bonds. The molecule has 17 heavy (non-hydrogen) atoms. The van der Waals surface area contributed by atoms with Gasteiger partial charge < -0.3 is 10.7 Å². The summed E-state index contributed by atoms with van der Waals surface area (Å²) in [6.45, 7) is 2.03. The second-order valence-corrected chi connectivity index (χ2v) is 4.38. The summed E-state index contributed by atoms with van der Waals surface area (Å²) < 4.78 is 0. The van der Waals surface area contributed by atoms with E-state index >= 15 is 0 Å². The molecule has 0 spiro atoms. The molecule has 6 heteroatoms. The molecule has 0 saturated heterocycles. The van der Waals surface area contributed by atoms with Crippen LogP contribution in [-0.2, 0) is 0 Å². The van der Waals surface area contributed by atoms with Gasteiger partial charge in [-0.3, -0.25) is 4.79 Å². The number of carbonyl (C=O) groups is 1. The Labute approximate surface area is 100.0 Å². The molecule has 6 nitrogen and oxygen atoms in total. The Hall–Kier alpha value is -1.69. The Kier molecular flexibility index (Phi) is 3.53. The van der Waals surface area contributed by atoms with E-state index in [1.54, 1.807) is 0 Å². The molecule has 1 saturated carbocycles. The molecule has 0 aromatic carbocycles. The van der Waals surface area contributed by atoms with Gasteiger partial charge in [0.15, 0.2) is 5.82 Å². The first kappa shape index (κ1) is 11.8. The summed E-state index contributed by atoms with van der Waals surface area (Å²) in [6.07, 6.45) is 6.51. The lowest BCUT2D eigenvalue weighted by molar-refractivity contribution is 0.0904. The van der Waals surface area contributed by atoms with E-state index in [4.69, 9.17) is 5.84 Å². The fourth-order valence-electron chi connectivity index (χ4n) is 1.86. The number of nitrogens with two attached hydrogens (primary N) is 1. The highest BCUT2D eigenvalue weighted by Gasteiger charge is 2.25. The molecule has 0 radical (unpaired) electrons. The van der Waals surface area contributed by atoms with Crippen molar-refractivity contribution in [1.29, 1.82) is 0 Å². The van der Waals surface area contributed by atoms with Gasteiger partial charge in [-0.25, -0.2) is 15.8 Å². The molecule has 2 rings (SSSR count). The summed E-state index contributed by atoms with van der Waals surface area (Å²) in [7, 11) is 0. The van der Waals surface area contributed by atoms with Crippen LogP contribution in [-0.4, -0.2) is 21.9 Å². The Balaban J connectivity index is 1.93. The third-order valence-corrected chi connectivity index (χ3v) is 3.25. The Morgan fingerprint density at radius 1 is 1.47 bits per heavy atom. The van der Waals surface area contributed by atoms with Crippen molar-refractivity contribution in [2.24, 2.45) is 11.8 Å². The number of rotatable bonds is 4. The molecule has 1 aliphatic rings. The van der Waals surface area contributed by atoms with Crippen molar-refractivity contribution in [2.45, 2.75) is 32.2 Å². The fraction of sp³-hybridized carbons (Fsp3) is 0.545. The van der Waals surface area contributed by atoms with Gasteiger partial charge in [0.2, 0.25) is 0 Å². The summed E-state index contributed by atoms with van der Waals surface area (Å²) in [4.78, 5) is 19.8. The third-order valence-electron chi connectivity index (χ3n) is 3.25. The van der Waals surface area contributed by atoms with Gasteiger partial charge in [0.1, 0.15) is 5.69 Å². The smallest absolute Gasteiger partial charge is 0.271 e. The lowest BCUT2D eigenvalue weighted by Crippen LogP contribution is -2.41. The van der Waals surface area contributed by atoms with Crippen LogP contribution >= 0.6 is 0 Å². The normalized spacial score (nSPS) is 17.1. The molecule has 1 fully saturated rings. The number of hydrogen-bond donors (Lipinski definition) is 3. The number of nitrogen functional groups attached to an aromatic ring is 1. The molecule has 1 aliphatic carbocycles. The molecule has 1 atom stereocenters. The average Bonchev–Trinajstić information content (AvgIpc) is 2.26. The molecular formula is C11H17N5O. The van der Waals surface area contributed by atoms with E-state index < -0.39 is 0 Å². The number of aromatic nitrogens is 2. The number of anilines is 1. The predicted molar refractivity (Wildman–Crippen MR) is 64.1 cm³/mol. The van der Waals surface area contributed by atoms with Crippen LogP contribution in [0.5, 0.6) is 0 Å². The minimum Gasteiger partial charge on any atom is -0.348 e. The second kappa shape index (κ2) is 5.09. The van der Waals surface area contributed by atoms with Crippen LogP contribution in [0.25, 0.3) is 0 Å². The van der Waals surface area contributed by atoms with Gasteiger partial charge in [0.05, 0.1) is 12.4 Å². The van der Waals surface area contributed by atoms with Gasteiger partial charge in [-0.15, -0.1) is 0 Å². The summed E-state index contributed by atoms with van der Waals surface area (Å²) in [5.41, 5.74) is 2.68. The van der Waals surface area contributed by atoms with E-state index in [0.717, 1.165) is 0 Å². The lowest BCUT2D eigenvalue weighted by Gasteiger charge is -2.31. The number of hydrazine groups is 1. The van der Waals surface area contributed by atoms with Crippen molar-refractivity contribution in [3.63, 3.8) is 0 Å². The van der Waals surface area contributed by atoms with Crippen LogP contribution in [0.15, 0.2) is 12.4 Å². The second-order valence-electron chi connectivity index (χ2n) is 4.38. The number of hydrogen-bond acceptors (Lipinski definition) is 5. The molecular weight excluding hydrogens is 218 g/mol. The highest BCUT2D eigenvalue weighted by molar-refractivity contribution is 5.92.